The highest BCUT2D eigenvalue weighted by Gasteiger charge is 2.39. The van der Waals surface area contributed by atoms with Crippen LogP contribution < -0.4 is 10.6 Å². The summed E-state index contributed by atoms with van der Waals surface area (Å²) in [5.41, 5.74) is 2.69. The molecule has 0 radical (unpaired) electrons. The van der Waals surface area contributed by atoms with Crippen LogP contribution in [0, 0.1) is 5.92 Å². The van der Waals surface area contributed by atoms with Crippen molar-refractivity contribution in [3.63, 3.8) is 0 Å². The van der Waals surface area contributed by atoms with E-state index in [1.54, 1.807) is 4.90 Å². The van der Waals surface area contributed by atoms with E-state index in [0.29, 0.717) is 30.5 Å². The number of aliphatic hydroxyl groups excluding tert-OH is 1. The molecule has 1 aliphatic carbocycles. The first-order valence-corrected chi connectivity index (χ1v) is 10.2. The van der Waals surface area contributed by atoms with Gasteiger partial charge in [-0.1, -0.05) is 18.6 Å². The number of nitrogens with zero attached hydrogens (tertiary/aromatic N) is 1. The average Bonchev–Trinajstić information content (AvgIpc) is 3.02. The van der Waals surface area contributed by atoms with E-state index in [2.05, 4.69) is 10.6 Å². The number of rotatable bonds is 5. The van der Waals surface area contributed by atoms with Gasteiger partial charge < -0.3 is 15.3 Å². The Morgan fingerprint density at radius 1 is 1.18 bits per heavy atom. The number of hydrogen-bond acceptors (Lipinski definition) is 5. The molecule has 1 unspecified atom stereocenters. The van der Waals surface area contributed by atoms with Gasteiger partial charge >= 0.3 is 0 Å². The molecule has 4 rings (SSSR count). The Balaban J connectivity index is 1.39. The molecule has 0 aromatic heterocycles. The van der Waals surface area contributed by atoms with Crippen molar-refractivity contribution in [2.45, 2.75) is 63.7 Å². The van der Waals surface area contributed by atoms with Gasteiger partial charge in [-0.2, -0.15) is 0 Å². The Bertz CT molecular complexity index is 794. The van der Waals surface area contributed by atoms with Crippen LogP contribution in [0.2, 0.25) is 0 Å². The van der Waals surface area contributed by atoms with E-state index in [-0.39, 0.29) is 30.7 Å². The van der Waals surface area contributed by atoms with Gasteiger partial charge in [0.25, 0.3) is 5.91 Å². The van der Waals surface area contributed by atoms with Crippen molar-refractivity contribution in [1.29, 1.82) is 0 Å². The lowest BCUT2D eigenvalue weighted by Crippen LogP contribution is -2.52. The van der Waals surface area contributed by atoms with Crippen LogP contribution in [0.3, 0.4) is 0 Å². The summed E-state index contributed by atoms with van der Waals surface area (Å²) in [6.45, 7) is 1.39. The quantitative estimate of drug-likeness (QED) is 0.659. The fourth-order valence-electron chi connectivity index (χ4n) is 4.64. The van der Waals surface area contributed by atoms with Crippen molar-refractivity contribution in [3.8, 4) is 0 Å². The summed E-state index contributed by atoms with van der Waals surface area (Å²) < 4.78 is 0. The zero-order valence-electron chi connectivity index (χ0n) is 15.9. The van der Waals surface area contributed by atoms with E-state index in [1.807, 2.05) is 18.2 Å². The minimum absolute atomic E-state index is 0.137. The summed E-state index contributed by atoms with van der Waals surface area (Å²) in [6, 6.07) is 5.69. The molecule has 28 heavy (non-hydrogen) atoms. The van der Waals surface area contributed by atoms with Crippen LogP contribution in [0.4, 0.5) is 0 Å². The molecule has 150 valence electrons. The minimum Gasteiger partial charge on any atom is -0.396 e. The lowest BCUT2D eigenvalue weighted by molar-refractivity contribution is -0.136. The molecule has 3 atom stereocenters. The predicted molar refractivity (Wildman–Crippen MR) is 102 cm³/mol. The second-order valence-electron chi connectivity index (χ2n) is 8.18. The Morgan fingerprint density at radius 2 is 2.04 bits per heavy atom. The maximum Gasteiger partial charge on any atom is 0.255 e. The van der Waals surface area contributed by atoms with Gasteiger partial charge in [-0.05, 0) is 48.8 Å². The molecular formula is C21H27N3O4. The molecule has 0 bridgehead atoms. The van der Waals surface area contributed by atoms with E-state index in [9.17, 15) is 19.5 Å². The summed E-state index contributed by atoms with van der Waals surface area (Å²) in [7, 11) is 0. The van der Waals surface area contributed by atoms with Crippen LogP contribution in [0.25, 0.3) is 0 Å². The number of carbonyl (C=O) groups excluding carboxylic acids is 3. The highest BCUT2D eigenvalue weighted by atomic mass is 16.3. The van der Waals surface area contributed by atoms with Crippen molar-refractivity contribution in [3.05, 3.63) is 34.9 Å². The second-order valence-corrected chi connectivity index (χ2v) is 8.18. The van der Waals surface area contributed by atoms with Gasteiger partial charge in [0.05, 0.1) is 0 Å². The van der Waals surface area contributed by atoms with Gasteiger partial charge in [0.1, 0.15) is 6.04 Å². The Kier molecular flexibility index (Phi) is 5.46. The molecule has 3 N–H and O–H groups in total. The maximum absolute atomic E-state index is 12.7. The van der Waals surface area contributed by atoms with Crippen molar-refractivity contribution in [2.24, 2.45) is 5.92 Å². The van der Waals surface area contributed by atoms with E-state index >= 15 is 0 Å². The molecule has 2 heterocycles. The average molecular weight is 385 g/mol. The van der Waals surface area contributed by atoms with Crippen LogP contribution in [-0.4, -0.2) is 46.4 Å². The Labute approximate surface area is 164 Å². The molecule has 3 aliphatic rings. The monoisotopic (exact) mass is 385 g/mol. The third-order valence-electron chi connectivity index (χ3n) is 6.22. The van der Waals surface area contributed by atoms with Gasteiger partial charge in [0.15, 0.2) is 0 Å². The van der Waals surface area contributed by atoms with Crippen LogP contribution in [0.5, 0.6) is 0 Å². The van der Waals surface area contributed by atoms with Crippen LogP contribution in [0.15, 0.2) is 18.2 Å². The maximum atomic E-state index is 12.7. The van der Waals surface area contributed by atoms with Crippen molar-refractivity contribution in [1.82, 2.24) is 15.5 Å². The number of carbonyl (C=O) groups is 3. The zero-order chi connectivity index (χ0) is 19.7. The fourth-order valence-corrected chi connectivity index (χ4v) is 4.64. The van der Waals surface area contributed by atoms with Crippen molar-refractivity contribution >= 4 is 17.7 Å². The van der Waals surface area contributed by atoms with Crippen LogP contribution >= 0.6 is 0 Å². The highest BCUT2D eigenvalue weighted by molar-refractivity contribution is 6.05. The SMILES string of the molecule is O=C1CCC(N2Cc3cc(CN[C@@H]4CCC[C@@H](CO)C4)ccc3C2=O)C(=O)N1. The summed E-state index contributed by atoms with van der Waals surface area (Å²) in [5.74, 6) is -0.395. The summed E-state index contributed by atoms with van der Waals surface area (Å²) in [6.07, 6.45) is 5.02. The van der Waals surface area contributed by atoms with Gasteiger partial charge in [-0.3, -0.25) is 19.7 Å². The highest BCUT2D eigenvalue weighted by Crippen LogP contribution is 2.29. The zero-order valence-corrected chi connectivity index (χ0v) is 15.9. The molecule has 0 spiro atoms. The molecule has 1 aromatic rings. The molecule has 1 aromatic carbocycles. The summed E-state index contributed by atoms with van der Waals surface area (Å²) >= 11 is 0. The molecular weight excluding hydrogens is 358 g/mol. The number of aliphatic hydroxyl groups is 1. The molecule has 2 aliphatic heterocycles. The number of benzene rings is 1. The number of amides is 3. The molecule has 1 saturated carbocycles. The second kappa shape index (κ2) is 8.01. The van der Waals surface area contributed by atoms with Gasteiger partial charge in [0, 0.05) is 37.7 Å². The molecule has 2 fully saturated rings. The first kappa shape index (κ1) is 19.1. The van der Waals surface area contributed by atoms with E-state index < -0.39 is 6.04 Å². The minimum atomic E-state index is -0.572. The van der Waals surface area contributed by atoms with Crippen LogP contribution in [-0.2, 0) is 22.7 Å². The molecule has 1 saturated heterocycles. The number of imide groups is 1. The normalized spacial score (nSPS) is 27.7. The fraction of sp³-hybridized carbons (Fsp3) is 0.571. The third-order valence-corrected chi connectivity index (χ3v) is 6.22. The van der Waals surface area contributed by atoms with Gasteiger partial charge in [0.2, 0.25) is 11.8 Å². The van der Waals surface area contributed by atoms with E-state index in [0.717, 1.165) is 43.4 Å². The largest absolute Gasteiger partial charge is 0.396 e. The lowest BCUT2D eigenvalue weighted by atomic mass is 9.86. The Morgan fingerprint density at radius 3 is 2.82 bits per heavy atom. The number of fused-ring (bicyclic) bond motifs is 1. The van der Waals surface area contributed by atoms with Gasteiger partial charge in [-0.15, -0.1) is 0 Å². The summed E-state index contributed by atoms with van der Waals surface area (Å²) in [4.78, 5) is 37.8. The smallest absolute Gasteiger partial charge is 0.255 e. The Hall–Kier alpha value is -2.25. The predicted octanol–water partition coefficient (Wildman–Crippen LogP) is 1.09. The molecule has 7 heteroatoms. The number of piperidine rings is 1. The third kappa shape index (κ3) is 3.82. The molecule has 3 amide bonds. The molecule has 7 nitrogen and oxygen atoms in total. The topological polar surface area (TPSA) is 98.7 Å². The standard InChI is InChI=1S/C21H27N3O4/c25-12-14-2-1-3-16(9-14)22-10-13-4-5-17-15(8-13)11-24(21(17)28)18-6-7-19(26)23-20(18)27/h4-5,8,14,16,18,22,25H,1-3,6-7,9-12H2,(H,23,26,27)/t14-,16-,18?/m1/s1. The number of hydrogen-bond donors (Lipinski definition) is 3. The van der Waals surface area contributed by atoms with Crippen LogP contribution in [0.1, 0.15) is 60.0 Å². The first-order chi connectivity index (χ1) is 13.5. The number of nitrogens with one attached hydrogen (secondary N) is 2. The first-order valence-electron chi connectivity index (χ1n) is 10.2. The van der Waals surface area contributed by atoms with E-state index in [1.165, 1.54) is 0 Å². The van der Waals surface area contributed by atoms with Crippen molar-refractivity contribution < 1.29 is 19.5 Å². The summed E-state index contributed by atoms with van der Waals surface area (Å²) in [5, 5.41) is 15.3. The van der Waals surface area contributed by atoms with E-state index in [4.69, 9.17) is 0 Å². The lowest BCUT2D eigenvalue weighted by Gasteiger charge is -2.29. The van der Waals surface area contributed by atoms with Crippen molar-refractivity contribution in [2.75, 3.05) is 6.61 Å². The van der Waals surface area contributed by atoms with Gasteiger partial charge in [-0.25, -0.2) is 0 Å².